The number of nitrogens with zero attached hydrogens (tertiary/aromatic N) is 4. The van der Waals surface area contributed by atoms with Crippen LogP contribution in [0.15, 0.2) is 0 Å². The van der Waals surface area contributed by atoms with Gasteiger partial charge in [-0.3, -0.25) is 9.59 Å². The third-order valence-corrected chi connectivity index (χ3v) is 12.5. The fourth-order valence-electron chi connectivity index (χ4n) is 8.38. The summed E-state index contributed by atoms with van der Waals surface area (Å²) in [6.45, 7) is 15.4. The number of carbonyl (C=O) groups is 2. The summed E-state index contributed by atoms with van der Waals surface area (Å²) < 4.78 is 2.30. The molecular formula is C44H88N4O2+2. The fraction of sp³-hybridized carbons (Fsp3) is 0.955. The molecule has 2 fully saturated rings. The van der Waals surface area contributed by atoms with Crippen molar-refractivity contribution in [1.29, 1.82) is 0 Å². The summed E-state index contributed by atoms with van der Waals surface area (Å²) in [6, 6.07) is 0. The number of piperazine rings is 2. The summed E-state index contributed by atoms with van der Waals surface area (Å²) in [5.41, 5.74) is 0. The van der Waals surface area contributed by atoms with Crippen molar-refractivity contribution in [3.63, 3.8) is 0 Å². The second-order valence-corrected chi connectivity index (χ2v) is 17.3. The maximum Gasteiger partial charge on any atom is 0.222 e. The number of quaternary nitrogens is 2. The minimum Gasteiger partial charge on any atom is -0.331 e. The van der Waals surface area contributed by atoms with Gasteiger partial charge in [-0.1, -0.05) is 142 Å². The summed E-state index contributed by atoms with van der Waals surface area (Å²) in [5.74, 6) is 0.751. The first kappa shape index (κ1) is 45.0. The van der Waals surface area contributed by atoms with Crippen LogP contribution >= 0.6 is 0 Å². The van der Waals surface area contributed by atoms with Gasteiger partial charge in [0.05, 0.1) is 79.5 Å². The monoisotopic (exact) mass is 705 g/mol. The van der Waals surface area contributed by atoms with Crippen molar-refractivity contribution in [2.75, 3.05) is 79.5 Å². The lowest BCUT2D eigenvalue weighted by Crippen LogP contribution is -2.58. The van der Waals surface area contributed by atoms with Crippen molar-refractivity contribution in [3.05, 3.63) is 0 Å². The first-order chi connectivity index (χ1) is 24.3. The number of rotatable bonds is 31. The minimum atomic E-state index is 0.375. The Labute approximate surface area is 312 Å². The second kappa shape index (κ2) is 28.4. The summed E-state index contributed by atoms with van der Waals surface area (Å²) in [5, 5.41) is 0. The van der Waals surface area contributed by atoms with E-state index in [0.29, 0.717) is 24.7 Å². The maximum absolute atomic E-state index is 12.9. The van der Waals surface area contributed by atoms with Crippen LogP contribution in [0, 0.1) is 0 Å². The van der Waals surface area contributed by atoms with E-state index in [2.05, 4.69) is 37.7 Å². The van der Waals surface area contributed by atoms with Crippen molar-refractivity contribution in [1.82, 2.24) is 9.80 Å². The molecule has 0 aromatic heterocycles. The Balaban J connectivity index is 1.39. The molecule has 2 aliphatic rings. The van der Waals surface area contributed by atoms with Crippen molar-refractivity contribution in [2.24, 2.45) is 0 Å². The molecule has 0 aromatic rings. The molecule has 2 saturated heterocycles. The predicted molar refractivity (Wildman–Crippen MR) is 215 cm³/mol. The Morgan fingerprint density at radius 3 is 0.900 bits per heavy atom. The molecule has 2 aliphatic heterocycles. The molecule has 2 heterocycles. The van der Waals surface area contributed by atoms with Crippen molar-refractivity contribution < 1.29 is 18.6 Å². The topological polar surface area (TPSA) is 40.6 Å². The SMILES string of the molecule is CCCCCCCCCCCC[N+]1(C)CCN(C(=O)CCCCCCCCC(=O)N2CC[N+](C)(CCCCCCCCCCCC)CC2)CC1. The molecule has 0 aliphatic carbocycles. The molecule has 2 amide bonds. The minimum absolute atomic E-state index is 0.375. The van der Waals surface area contributed by atoms with Crippen molar-refractivity contribution >= 4 is 11.8 Å². The zero-order chi connectivity index (χ0) is 36.2. The predicted octanol–water partition coefficient (Wildman–Crippen LogP) is 10.5. The van der Waals surface area contributed by atoms with E-state index in [4.69, 9.17) is 0 Å². The van der Waals surface area contributed by atoms with E-state index in [0.717, 1.165) is 87.0 Å². The molecule has 0 unspecified atom stereocenters. The highest BCUT2D eigenvalue weighted by molar-refractivity contribution is 5.76. The Morgan fingerprint density at radius 1 is 0.380 bits per heavy atom. The Kier molecular flexibility index (Phi) is 25.5. The number of hydrogen-bond donors (Lipinski definition) is 0. The van der Waals surface area contributed by atoms with Crippen LogP contribution in [0.4, 0.5) is 0 Å². The Hall–Kier alpha value is -1.14. The summed E-state index contributed by atoms with van der Waals surface area (Å²) in [6.07, 6.45) is 36.1. The zero-order valence-corrected chi connectivity index (χ0v) is 34.5. The third-order valence-electron chi connectivity index (χ3n) is 12.5. The normalized spacial score (nSPS) is 17.4. The van der Waals surface area contributed by atoms with E-state index < -0.39 is 0 Å². The molecule has 0 atom stereocenters. The van der Waals surface area contributed by atoms with Crippen LogP contribution < -0.4 is 0 Å². The quantitative estimate of drug-likeness (QED) is 0.0532. The molecule has 0 N–H and O–H groups in total. The van der Waals surface area contributed by atoms with Gasteiger partial charge in [0.25, 0.3) is 0 Å². The van der Waals surface area contributed by atoms with Gasteiger partial charge >= 0.3 is 0 Å². The lowest BCUT2D eigenvalue weighted by molar-refractivity contribution is -0.913. The van der Waals surface area contributed by atoms with Gasteiger partial charge in [-0.05, 0) is 38.5 Å². The Morgan fingerprint density at radius 2 is 0.620 bits per heavy atom. The number of hydrogen-bond acceptors (Lipinski definition) is 2. The molecular weight excluding hydrogens is 617 g/mol. The van der Waals surface area contributed by atoms with Crippen LogP contribution in [0.2, 0.25) is 0 Å². The molecule has 2 rings (SSSR count). The van der Waals surface area contributed by atoms with Crippen LogP contribution in [0.5, 0.6) is 0 Å². The highest BCUT2D eigenvalue weighted by Crippen LogP contribution is 2.19. The number of likely N-dealkylation sites (N-methyl/N-ethyl adjacent to an activating group) is 2. The van der Waals surface area contributed by atoms with Crippen LogP contribution in [-0.4, -0.2) is 110 Å². The molecule has 0 radical (unpaired) electrons. The van der Waals surface area contributed by atoms with Gasteiger partial charge in [-0.15, -0.1) is 0 Å². The maximum atomic E-state index is 12.9. The van der Waals surface area contributed by atoms with E-state index in [1.54, 1.807) is 0 Å². The summed E-state index contributed by atoms with van der Waals surface area (Å²) >= 11 is 0. The average Bonchev–Trinajstić information content (AvgIpc) is 3.11. The van der Waals surface area contributed by atoms with Gasteiger partial charge in [0.2, 0.25) is 11.8 Å². The van der Waals surface area contributed by atoms with Gasteiger partial charge in [0.1, 0.15) is 0 Å². The molecule has 6 heteroatoms. The fourth-order valence-corrected chi connectivity index (χ4v) is 8.38. The van der Waals surface area contributed by atoms with Crippen molar-refractivity contribution in [3.8, 4) is 0 Å². The van der Waals surface area contributed by atoms with E-state index in [1.165, 1.54) is 154 Å². The van der Waals surface area contributed by atoms with Crippen LogP contribution in [0.3, 0.4) is 0 Å². The lowest BCUT2D eigenvalue weighted by Gasteiger charge is -2.42. The van der Waals surface area contributed by atoms with E-state index in [9.17, 15) is 9.59 Å². The second-order valence-electron chi connectivity index (χ2n) is 17.3. The van der Waals surface area contributed by atoms with Gasteiger partial charge in [0.15, 0.2) is 0 Å². The first-order valence-corrected chi connectivity index (χ1v) is 22.5. The van der Waals surface area contributed by atoms with Gasteiger partial charge in [-0.25, -0.2) is 0 Å². The van der Waals surface area contributed by atoms with Gasteiger partial charge in [0, 0.05) is 12.8 Å². The molecule has 0 saturated carbocycles. The van der Waals surface area contributed by atoms with Crippen LogP contribution in [0.1, 0.15) is 194 Å². The Bertz CT molecular complexity index is 764. The average molecular weight is 705 g/mol. The summed E-state index contributed by atoms with van der Waals surface area (Å²) in [4.78, 5) is 30.0. The molecule has 50 heavy (non-hydrogen) atoms. The standard InChI is InChI=1S/C44H88N4O2/c1-5-7-9-11-13-15-17-21-25-29-37-47(3)39-33-45(34-40-47)43(49)31-27-23-19-20-24-28-32-44(50)46-35-41-48(4,42-36-46)38-30-26-22-18-16-14-12-10-8-6-2/h5-42H2,1-4H3/q+2. The lowest BCUT2D eigenvalue weighted by atomic mass is 10.1. The van der Waals surface area contributed by atoms with Gasteiger partial charge < -0.3 is 18.8 Å². The van der Waals surface area contributed by atoms with Crippen LogP contribution in [-0.2, 0) is 9.59 Å². The van der Waals surface area contributed by atoms with Gasteiger partial charge in [-0.2, -0.15) is 0 Å². The zero-order valence-electron chi connectivity index (χ0n) is 34.5. The first-order valence-electron chi connectivity index (χ1n) is 22.5. The number of unbranched alkanes of at least 4 members (excludes halogenated alkanes) is 23. The van der Waals surface area contributed by atoms with Crippen LogP contribution in [0.25, 0.3) is 0 Å². The number of carbonyl (C=O) groups excluding carboxylic acids is 2. The van der Waals surface area contributed by atoms with E-state index >= 15 is 0 Å². The molecule has 0 bridgehead atoms. The number of amides is 2. The molecule has 0 aromatic carbocycles. The third kappa shape index (κ3) is 21.4. The highest BCUT2D eigenvalue weighted by atomic mass is 16.2. The molecule has 294 valence electrons. The summed E-state index contributed by atoms with van der Waals surface area (Å²) in [7, 11) is 4.82. The van der Waals surface area contributed by atoms with E-state index in [1.807, 2.05) is 0 Å². The van der Waals surface area contributed by atoms with Crippen molar-refractivity contribution in [2.45, 2.75) is 194 Å². The molecule has 6 nitrogen and oxygen atoms in total. The largest absolute Gasteiger partial charge is 0.331 e. The van der Waals surface area contributed by atoms with E-state index in [-0.39, 0.29) is 0 Å². The highest BCUT2D eigenvalue weighted by Gasteiger charge is 2.31. The smallest absolute Gasteiger partial charge is 0.222 e. The molecule has 0 spiro atoms.